The van der Waals surface area contributed by atoms with Gasteiger partial charge in [-0.15, -0.1) is 0 Å². The highest BCUT2D eigenvalue weighted by atomic mass is 16.5. The molecule has 0 heterocycles. The third kappa shape index (κ3) is 4.45. The van der Waals surface area contributed by atoms with E-state index in [1.54, 1.807) is 20.3 Å². The number of nitrogens with one attached hydrogen (secondary N) is 1. The number of hydrogen-bond acceptors (Lipinski definition) is 4. The van der Waals surface area contributed by atoms with Gasteiger partial charge in [-0.1, -0.05) is 30.3 Å². The van der Waals surface area contributed by atoms with E-state index in [-0.39, 0.29) is 12.5 Å². The largest absolute Gasteiger partial charge is 0.497 e. The molecule has 1 amide bonds. The predicted molar refractivity (Wildman–Crippen MR) is 101 cm³/mol. The Kier molecular flexibility index (Phi) is 5.59. The molecule has 0 aromatic heterocycles. The van der Waals surface area contributed by atoms with Crippen LogP contribution in [0.1, 0.15) is 5.56 Å². The van der Waals surface area contributed by atoms with Crippen LogP contribution in [-0.4, -0.2) is 26.7 Å². The van der Waals surface area contributed by atoms with Crippen LogP contribution >= 0.6 is 0 Å². The average Bonchev–Trinajstić information content (AvgIpc) is 2.70. The normalized spacial score (nSPS) is 10.4. The second-order valence-corrected chi connectivity index (χ2v) is 5.80. The van der Waals surface area contributed by atoms with Gasteiger partial charge in [0, 0.05) is 12.6 Å². The first-order valence-corrected chi connectivity index (χ1v) is 8.28. The third-order valence-electron chi connectivity index (χ3n) is 3.99. The molecule has 0 aliphatic heterocycles. The van der Waals surface area contributed by atoms with Gasteiger partial charge >= 0.3 is 0 Å². The number of rotatable bonds is 7. The van der Waals surface area contributed by atoms with Crippen LogP contribution in [-0.2, 0) is 11.3 Å². The number of ether oxygens (including phenoxy) is 3. The monoisotopic (exact) mass is 351 g/mol. The minimum absolute atomic E-state index is 0.0422. The topological polar surface area (TPSA) is 56.8 Å². The average molecular weight is 351 g/mol. The molecule has 5 heteroatoms. The number of methoxy groups -OCH3 is 2. The second-order valence-electron chi connectivity index (χ2n) is 5.80. The van der Waals surface area contributed by atoms with Crippen LogP contribution in [0.2, 0.25) is 0 Å². The third-order valence-corrected chi connectivity index (χ3v) is 3.99. The summed E-state index contributed by atoms with van der Waals surface area (Å²) in [6, 6.07) is 19.3. The summed E-state index contributed by atoms with van der Waals surface area (Å²) in [7, 11) is 3.18. The van der Waals surface area contributed by atoms with Gasteiger partial charge in [0.25, 0.3) is 5.91 Å². The number of carbonyl (C=O) groups excluding carboxylic acids is 1. The minimum Gasteiger partial charge on any atom is -0.497 e. The first-order valence-electron chi connectivity index (χ1n) is 8.28. The molecule has 3 aromatic rings. The minimum atomic E-state index is -0.194. The smallest absolute Gasteiger partial charge is 0.258 e. The van der Waals surface area contributed by atoms with Gasteiger partial charge in [-0.25, -0.2) is 0 Å². The summed E-state index contributed by atoms with van der Waals surface area (Å²) < 4.78 is 16.0. The lowest BCUT2D eigenvalue weighted by molar-refractivity contribution is -0.123. The molecular formula is C21H21NO4. The molecule has 5 nitrogen and oxygen atoms in total. The fraction of sp³-hybridized carbons (Fsp3) is 0.190. The quantitative estimate of drug-likeness (QED) is 0.707. The van der Waals surface area contributed by atoms with Crippen molar-refractivity contribution in [3.63, 3.8) is 0 Å². The van der Waals surface area contributed by atoms with Gasteiger partial charge in [-0.3, -0.25) is 4.79 Å². The maximum absolute atomic E-state index is 12.1. The standard InChI is InChI=1S/C21H21NO4/c1-24-19-9-15(10-20(12-19)25-2)13-22-21(23)14-26-18-8-7-16-5-3-4-6-17(16)11-18/h3-12H,13-14H2,1-2H3,(H,22,23). The van der Waals surface area contributed by atoms with Gasteiger partial charge < -0.3 is 19.5 Å². The number of carbonyl (C=O) groups is 1. The molecule has 0 bridgehead atoms. The molecule has 0 aliphatic carbocycles. The van der Waals surface area contributed by atoms with Crippen LogP contribution in [0.5, 0.6) is 17.2 Å². The predicted octanol–water partition coefficient (Wildman–Crippen LogP) is 3.55. The van der Waals surface area contributed by atoms with Crippen LogP contribution in [0.25, 0.3) is 10.8 Å². The molecule has 0 unspecified atom stereocenters. The van der Waals surface area contributed by atoms with Crippen LogP contribution in [0.15, 0.2) is 60.7 Å². The summed E-state index contributed by atoms with van der Waals surface area (Å²) in [6.07, 6.45) is 0. The first kappa shape index (κ1) is 17.6. The molecule has 0 saturated carbocycles. The molecule has 0 saturated heterocycles. The van der Waals surface area contributed by atoms with Gasteiger partial charge in [0.2, 0.25) is 0 Å². The molecule has 3 rings (SSSR count). The van der Waals surface area contributed by atoms with Gasteiger partial charge in [0.15, 0.2) is 6.61 Å². The Morgan fingerprint density at radius 3 is 2.23 bits per heavy atom. The summed E-state index contributed by atoms with van der Waals surface area (Å²) in [6.45, 7) is 0.326. The van der Waals surface area contributed by atoms with E-state index in [1.165, 1.54) is 0 Å². The van der Waals surface area contributed by atoms with Crippen molar-refractivity contribution in [3.05, 3.63) is 66.2 Å². The summed E-state index contributed by atoms with van der Waals surface area (Å²) in [4.78, 5) is 12.1. The molecule has 0 radical (unpaired) electrons. The van der Waals surface area contributed by atoms with Crippen LogP contribution in [0.3, 0.4) is 0 Å². The number of hydrogen-bond donors (Lipinski definition) is 1. The molecule has 0 aliphatic rings. The van der Waals surface area contributed by atoms with Crippen molar-refractivity contribution < 1.29 is 19.0 Å². The number of benzene rings is 3. The van der Waals surface area contributed by atoms with E-state index in [9.17, 15) is 4.79 Å². The summed E-state index contributed by atoms with van der Waals surface area (Å²) in [5, 5.41) is 5.05. The van der Waals surface area contributed by atoms with Crippen molar-refractivity contribution in [1.29, 1.82) is 0 Å². The zero-order valence-electron chi connectivity index (χ0n) is 14.8. The second kappa shape index (κ2) is 8.25. The van der Waals surface area contributed by atoms with Crippen molar-refractivity contribution >= 4 is 16.7 Å². The molecule has 26 heavy (non-hydrogen) atoms. The van der Waals surface area contributed by atoms with E-state index in [1.807, 2.05) is 54.6 Å². The lowest BCUT2D eigenvalue weighted by Crippen LogP contribution is -2.28. The molecule has 1 N–H and O–H groups in total. The molecule has 134 valence electrons. The van der Waals surface area contributed by atoms with Crippen LogP contribution in [0.4, 0.5) is 0 Å². The first-order chi connectivity index (χ1) is 12.7. The van der Waals surface area contributed by atoms with Gasteiger partial charge in [0.1, 0.15) is 17.2 Å². The Hall–Kier alpha value is -3.21. The van der Waals surface area contributed by atoms with E-state index in [4.69, 9.17) is 14.2 Å². The molecule has 0 fully saturated rings. The maximum atomic E-state index is 12.1. The molecular weight excluding hydrogens is 330 g/mol. The lowest BCUT2D eigenvalue weighted by Gasteiger charge is -2.10. The van der Waals surface area contributed by atoms with E-state index < -0.39 is 0 Å². The van der Waals surface area contributed by atoms with Gasteiger partial charge in [-0.05, 0) is 40.6 Å². The van der Waals surface area contributed by atoms with Crippen molar-refractivity contribution in [1.82, 2.24) is 5.32 Å². The van der Waals surface area contributed by atoms with Gasteiger partial charge in [0.05, 0.1) is 14.2 Å². The molecule has 0 spiro atoms. The highest BCUT2D eigenvalue weighted by Gasteiger charge is 2.06. The zero-order valence-corrected chi connectivity index (χ0v) is 14.8. The fourth-order valence-corrected chi connectivity index (χ4v) is 2.63. The SMILES string of the molecule is COc1cc(CNC(=O)COc2ccc3ccccc3c2)cc(OC)c1. The van der Waals surface area contributed by atoms with E-state index >= 15 is 0 Å². The number of amides is 1. The van der Waals surface area contributed by atoms with Crippen molar-refractivity contribution in [2.75, 3.05) is 20.8 Å². The van der Waals surface area contributed by atoms with Crippen molar-refractivity contribution in [2.45, 2.75) is 6.54 Å². The van der Waals surface area contributed by atoms with Crippen LogP contribution in [0, 0.1) is 0 Å². The Bertz CT molecular complexity index is 885. The lowest BCUT2D eigenvalue weighted by atomic mass is 10.1. The highest BCUT2D eigenvalue weighted by Crippen LogP contribution is 2.22. The van der Waals surface area contributed by atoms with Crippen LogP contribution < -0.4 is 19.5 Å². The van der Waals surface area contributed by atoms with E-state index in [0.29, 0.717) is 23.8 Å². The van der Waals surface area contributed by atoms with E-state index in [0.717, 1.165) is 16.3 Å². The number of fused-ring (bicyclic) bond motifs is 1. The summed E-state index contributed by atoms with van der Waals surface area (Å²) in [5.41, 5.74) is 0.889. The molecule has 0 atom stereocenters. The van der Waals surface area contributed by atoms with E-state index in [2.05, 4.69) is 5.32 Å². The molecule has 3 aromatic carbocycles. The maximum Gasteiger partial charge on any atom is 0.258 e. The zero-order chi connectivity index (χ0) is 18.4. The Balaban J connectivity index is 1.55. The summed E-state index contributed by atoms with van der Waals surface area (Å²) in [5.74, 6) is 1.84. The summed E-state index contributed by atoms with van der Waals surface area (Å²) >= 11 is 0. The Morgan fingerprint density at radius 1 is 0.846 bits per heavy atom. The van der Waals surface area contributed by atoms with Crippen molar-refractivity contribution in [2.24, 2.45) is 0 Å². The Morgan fingerprint density at radius 2 is 1.54 bits per heavy atom. The van der Waals surface area contributed by atoms with Crippen molar-refractivity contribution in [3.8, 4) is 17.2 Å². The Labute approximate surface area is 152 Å². The fourth-order valence-electron chi connectivity index (χ4n) is 2.63. The van der Waals surface area contributed by atoms with Gasteiger partial charge in [-0.2, -0.15) is 0 Å². The highest BCUT2D eigenvalue weighted by molar-refractivity contribution is 5.84.